The molecule has 0 aliphatic rings. The lowest BCUT2D eigenvalue weighted by atomic mass is 10.0. The zero-order valence-electron chi connectivity index (χ0n) is 18.5. The summed E-state index contributed by atoms with van der Waals surface area (Å²) < 4.78 is 9.08. The second-order valence-electron chi connectivity index (χ2n) is 7.58. The predicted octanol–water partition coefficient (Wildman–Crippen LogP) is -6.49. The van der Waals surface area contributed by atoms with Crippen LogP contribution in [0, 0.1) is 0 Å². The van der Waals surface area contributed by atoms with Crippen LogP contribution < -0.4 is 0 Å². The highest BCUT2D eigenvalue weighted by atomic mass is 16.7. The molecule has 0 heterocycles. The van der Waals surface area contributed by atoms with Crippen molar-refractivity contribution in [3.05, 3.63) is 35.4 Å². The van der Waals surface area contributed by atoms with Crippen LogP contribution in [-0.2, 0) is 9.47 Å². The van der Waals surface area contributed by atoms with Crippen LogP contribution in [0.5, 0.6) is 0 Å². The molecule has 206 valence electrons. The standard InChI is InChI=1S/C20H30O16/c21-5-9(23)11(25)13(27)15(29)19(33)35-17(31)7-3-1-2-4-8(7)18(32)36-20(34)16(30)14(28)12(26)10(24)6-22/h1-4,9-16,19-30,33-34H,5-6H2/t9-,10-,11-,12-,13+,14+,15-,16-,19?,20?/m1/s1. The first-order chi connectivity index (χ1) is 16.8. The summed E-state index contributed by atoms with van der Waals surface area (Å²) >= 11 is 0. The van der Waals surface area contributed by atoms with Crippen molar-refractivity contribution in [2.75, 3.05) is 13.2 Å². The van der Waals surface area contributed by atoms with Crippen molar-refractivity contribution in [1.29, 1.82) is 0 Å². The van der Waals surface area contributed by atoms with E-state index in [-0.39, 0.29) is 0 Å². The Labute approximate surface area is 203 Å². The monoisotopic (exact) mass is 526 g/mol. The van der Waals surface area contributed by atoms with Crippen molar-refractivity contribution in [3.63, 3.8) is 0 Å². The maximum Gasteiger partial charge on any atom is 0.341 e. The summed E-state index contributed by atoms with van der Waals surface area (Å²) in [6.07, 6.45) is -22.4. The smallest absolute Gasteiger partial charge is 0.341 e. The molecule has 0 aliphatic heterocycles. The maximum absolute atomic E-state index is 12.4. The SMILES string of the molecule is O=C(OC(O)[C@H](O)[C@@H](O)[C@H](O)[C@H](O)CO)c1ccccc1C(=O)OC(O)[C@H](O)[C@@H](O)[C@H](O)[C@H](O)CO. The topological polar surface area (TPSA) is 295 Å². The summed E-state index contributed by atoms with van der Waals surface area (Å²) in [4.78, 5) is 24.8. The third kappa shape index (κ3) is 8.10. The number of carbonyl (C=O) groups is 2. The molecular weight excluding hydrogens is 496 g/mol. The highest BCUT2D eigenvalue weighted by Crippen LogP contribution is 2.17. The third-order valence-electron chi connectivity index (χ3n) is 4.97. The van der Waals surface area contributed by atoms with Gasteiger partial charge in [0.1, 0.15) is 48.8 Å². The van der Waals surface area contributed by atoms with E-state index in [4.69, 9.17) is 10.2 Å². The Bertz CT molecular complexity index is 769. The molecule has 10 atom stereocenters. The van der Waals surface area contributed by atoms with Gasteiger partial charge in [-0.3, -0.25) is 0 Å². The lowest BCUT2D eigenvalue weighted by molar-refractivity contribution is -0.192. The van der Waals surface area contributed by atoms with Gasteiger partial charge >= 0.3 is 11.9 Å². The van der Waals surface area contributed by atoms with Crippen molar-refractivity contribution in [2.24, 2.45) is 0 Å². The Morgan fingerprint density at radius 1 is 0.556 bits per heavy atom. The van der Waals surface area contributed by atoms with Gasteiger partial charge in [0.25, 0.3) is 0 Å². The van der Waals surface area contributed by atoms with Crippen LogP contribution in [0.15, 0.2) is 24.3 Å². The van der Waals surface area contributed by atoms with Gasteiger partial charge in [0.05, 0.1) is 24.3 Å². The van der Waals surface area contributed by atoms with E-state index in [2.05, 4.69) is 9.47 Å². The number of benzene rings is 1. The quantitative estimate of drug-likeness (QED) is 0.0792. The number of hydrogen-bond acceptors (Lipinski definition) is 16. The van der Waals surface area contributed by atoms with Crippen LogP contribution in [0.25, 0.3) is 0 Å². The van der Waals surface area contributed by atoms with Gasteiger partial charge in [0, 0.05) is 0 Å². The van der Waals surface area contributed by atoms with E-state index in [1.54, 1.807) is 0 Å². The second-order valence-corrected chi connectivity index (χ2v) is 7.58. The Balaban J connectivity index is 2.94. The molecule has 0 radical (unpaired) electrons. The molecule has 36 heavy (non-hydrogen) atoms. The normalized spacial score (nSPS) is 20.1. The van der Waals surface area contributed by atoms with Crippen molar-refractivity contribution < 1.29 is 80.3 Å². The fourth-order valence-corrected chi connectivity index (χ4v) is 2.74. The molecule has 16 heteroatoms. The van der Waals surface area contributed by atoms with Crippen molar-refractivity contribution in [3.8, 4) is 0 Å². The Hall–Kier alpha value is -2.32. The summed E-state index contributed by atoms with van der Waals surface area (Å²) in [5.41, 5.74) is -1.23. The average Bonchev–Trinajstić information content (AvgIpc) is 2.88. The minimum Gasteiger partial charge on any atom is -0.429 e. The van der Waals surface area contributed by atoms with Gasteiger partial charge in [0.2, 0.25) is 12.6 Å². The summed E-state index contributed by atoms with van der Waals surface area (Å²) in [6.45, 7) is -2.01. The van der Waals surface area contributed by atoms with Crippen LogP contribution >= 0.6 is 0 Å². The summed E-state index contributed by atoms with van der Waals surface area (Å²) in [5.74, 6) is -2.95. The lowest BCUT2D eigenvalue weighted by Crippen LogP contribution is -2.51. The zero-order chi connectivity index (χ0) is 27.7. The van der Waals surface area contributed by atoms with Crippen LogP contribution in [0.3, 0.4) is 0 Å². The summed E-state index contributed by atoms with van der Waals surface area (Å²) in [5, 5.41) is 114. The maximum atomic E-state index is 12.4. The lowest BCUT2D eigenvalue weighted by Gasteiger charge is -2.28. The van der Waals surface area contributed by atoms with Gasteiger partial charge in [-0.1, -0.05) is 12.1 Å². The number of esters is 2. The highest BCUT2D eigenvalue weighted by Gasteiger charge is 2.38. The molecule has 0 bridgehead atoms. The average molecular weight is 526 g/mol. The molecule has 0 aliphatic carbocycles. The minimum atomic E-state index is -2.50. The highest BCUT2D eigenvalue weighted by molar-refractivity contribution is 6.03. The number of rotatable bonds is 14. The van der Waals surface area contributed by atoms with Crippen LogP contribution in [0.4, 0.5) is 0 Å². The number of aliphatic hydroxyl groups is 12. The van der Waals surface area contributed by atoms with E-state index in [0.29, 0.717) is 0 Å². The van der Waals surface area contributed by atoms with Crippen molar-refractivity contribution in [1.82, 2.24) is 0 Å². The fourth-order valence-electron chi connectivity index (χ4n) is 2.74. The number of ether oxygens (including phenoxy) is 2. The van der Waals surface area contributed by atoms with E-state index in [0.717, 1.165) is 12.1 Å². The molecule has 0 amide bonds. The van der Waals surface area contributed by atoms with Crippen LogP contribution in [0.1, 0.15) is 20.7 Å². The number of hydrogen-bond donors (Lipinski definition) is 12. The molecule has 0 saturated heterocycles. The molecule has 1 aromatic rings. The molecule has 16 nitrogen and oxygen atoms in total. The van der Waals surface area contributed by atoms with Crippen molar-refractivity contribution >= 4 is 11.9 Å². The van der Waals surface area contributed by atoms with Gasteiger partial charge < -0.3 is 70.8 Å². The molecule has 0 fully saturated rings. The molecule has 12 N–H and O–H groups in total. The molecule has 1 rings (SSSR count). The Morgan fingerprint density at radius 3 is 1.14 bits per heavy atom. The first-order valence-electron chi connectivity index (χ1n) is 10.3. The zero-order valence-corrected chi connectivity index (χ0v) is 18.5. The van der Waals surface area contributed by atoms with E-state index in [1.807, 2.05) is 0 Å². The van der Waals surface area contributed by atoms with E-state index < -0.39 is 97.7 Å². The second kappa shape index (κ2) is 14.4. The van der Waals surface area contributed by atoms with Gasteiger partial charge in [-0.2, -0.15) is 0 Å². The molecular formula is C20H30O16. The Kier molecular flexibility index (Phi) is 12.7. The van der Waals surface area contributed by atoms with E-state index in [9.17, 15) is 60.7 Å². The Morgan fingerprint density at radius 2 is 0.861 bits per heavy atom. The fraction of sp³-hybridized carbons (Fsp3) is 0.600. The minimum absolute atomic E-state index is 0.614. The number of carbonyl (C=O) groups excluding carboxylic acids is 2. The van der Waals surface area contributed by atoms with Gasteiger partial charge in [-0.15, -0.1) is 0 Å². The van der Waals surface area contributed by atoms with Crippen LogP contribution in [-0.4, -0.2) is 148 Å². The molecule has 0 aromatic heterocycles. The summed E-state index contributed by atoms with van der Waals surface area (Å²) in [7, 11) is 0. The molecule has 0 spiro atoms. The molecule has 0 saturated carbocycles. The predicted molar refractivity (Wildman–Crippen MR) is 112 cm³/mol. The first kappa shape index (κ1) is 31.7. The van der Waals surface area contributed by atoms with Crippen LogP contribution in [0.2, 0.25) is 0 Å². The molecule has 1 aromatic carbocycles. The largest absolute Gasteiger partial charge is 0.429 e. The van der Waals surface area contributed by atoms with Gasteiger partial charge in [0.15, 0.2) is 0 Å². The summed E-state index contributed by atoms with van der Waals surface area (Å²) in [6, 6.07) is 4.43. The van der Waals surface area contributed by atoms with E-state index in [1.165, 1.54) is 12.1 Å². The molecule has 2 unspecified atom stereocenters. The number of aliphatic hydroxyl groups excluding tert-OH is 12. The van der Waals surface area contributed by atoms with Gasteiger partial charge in [-0.25, -0.2) is 9.59 Å². The van der Waals surface area contributed by atoms with Gasteiger partial charge in [-0.05, 0) is 12.1 Å². The van der Waals surface area contributed by atoms with E-state index >= 15 is 0 Å². The first-order valence-corrected chi connectivity index (χ1v) is 10.3. The third-order valence-corrected chi connectivity index (χ3v) is 4.97. The van der Waals surface area contributed by atoms with Crippen molar-refractivity contribution in [2.45, 2.75) is 61.4 Å².